The summed E-state index contributed by atoms with van der Waals surface area (Å²) < 4.78 is 12.7. The molecule has 1 aromatic heterocycles. The van der Waals surface area contributed by atoms with E-state index in [4.69, 9.17) is 14.5 Å². The van der Waals surface area contributed by atoms with Crippen molar-refractivity contribution in [3.05, 3.63) is 17.2 Å². The molecule has 0 saturated carbocycles. The molecule has 0 bridgehead atoms. The van der Waals surface area contributed by atoms with Crippen molar-refractivity contribution in [2.24, 2.45) is 5.92 Å². The van der Waals surface area contributed by atoms with Gasteiger partial charge in [0, 0.05) is 25.6 Å². The maximum atomic E-state index is 12.5. The van der Waals surface area contributed by atoms with Gasteiger partial charge in [0.1, 0.15) is 12.4 Å². The first-order valence-corrected chi connectivity index (χ1v) is 10.3. The van der Waals surface area contributed by atoms with Crippen LogP contribution >= 0.6 is 0 Å². The molecule has 28 heavy (non-hydrogen) atoms. The Kier molecular flexibility index (Phi) is 6.93. The minimum absolute atomic E-state index is 0.104. The predicted octanol–water partition coefficient (Wildman–Crippen LogP) is 2.06. The van der Waals surface area contributed by atoms with Gasteiger partial charge in [-0.05, 0) is 32.1 Å². The zero-order valence-corrected chi connectivity index (χ0v) is 17.2. The van der Waals surface area contributed by atoms with E-state index in [0.29, 0.717) is 31.5 Å². The number of rotatable bonds is 7. The van der Waals surface area contributed by atoms with Gasteiger partial charge in [0.25, 0.3) is 0 Å². The molecular weight excluding hydrogens is 360 g/mol. The first-order valence-electron chi connectivity index (χ1n) is 10.3. The summed E-state index contributed by atoms with van der Waals surface area (Å²) in [7, 11) is 0. The van der Waals surface area contributed by atoms with Crippen LogP contribution in [-0.4, -0.2) is 59.4 Å². The average Bonchev–Trinajstić information content (AvgIpc) is 3.32. The van der Waals surface area contributed by atoms with Crippen molar-refractivity contribution in [3.63, 3.8) is 0 Å². The molecule has 3 rings (SSSR count). The van der Waals surface area contributed by atoms with Crippen LogP contribution in [0.5, 0.6) is 0 Å². The fourth-order valence-corrected chi connectivity index (χ4v) is 3.78. The average molecular weight is 393 g/mol. The number of ether oxygens (including phenoxy) is 2. The summed E-state index contributed by atoms with van der Waals surface area (Å²) in [4.78, 5) is 30.8. The van der Waals surface area contributed by atoms with E-state index in [-0.39, 0.29) is 12.6 Å². The number of hydrogen-bond acceptors (Lipinski definition) is 5. The number of aryl methyl sites for hydroxylation is 1. The molecular formula is C20H32N4O4. The largest absolute Gasteiger partial charge is 0.465 e. The molecule has 2 amide bonds. The highest BCUT2D eigenvalue weighted by Gasteiger charge is 2.31. The monoisotopic (exact) mass is 392 g/mol. The summed E-state index contributed by atoms with van der Waals surface area (Å²) in [6.45, 7) is 9.73. The Hall–Kier alpha value is -2.09. The van der Waals surface area contributed by atoms with E-state index in [9.17, 15) is 9.59 Å². The molecule has 1 unspecified atom stereocenters. The van der Waals surface area contributed by atoms with Gasteiger partial charge in [-0.25, -0.2) is 9.78 Å². The van der Waals surface area contributed by atoms with Gasteiger partial charge < -0.3 is 24.3 Å². The number of esters is 1. The minimum Gasteiger partial charge on any atom is -0.465 e. The van der Waals surface area contributed by atoms with Gasteiger partial charge in [0.05, 0.1) is 31.1 Å². The van der Waals surface area contributed by atoms with Gasteiger partial charge >= 0.3 is 12.0 Å². The summed E-state index contributed by atoms with van der Waals surface area (Å²) in [5.41, 5.74) is 2.22. The van der Waals surface area contributed by atoms with Crippen molar-refractivity contribution in [1.82, 2.24) is 19.8 Å². The summed E-state index contributed by atoms with van der Waals surface area (Å²) >= 11 is 0. The molecule has 2 aliphatic rings. The fraction of sp³-hybridized carbons (Fsp3) is 0.750. The number of hydrogen-bond donors (Lipinski definition) is 1. The molecule has 8 heteroatoms. The van der Waals surface area contributed by atoms with Gasteiger partial charge in [-0.3, -0.25) is 4.79 Å². The van der Waals surface area contributed by atoms with Crippen molar-refractivity contribution in [2.45, 2.75) is 59.0 Å². The zero-order valence-electron chi connectivity index (χ0n) is 17.2. The Balaban J connectivity index is 1.72. The van der Waals surface area contributed by atoms with Crippen LogP contribution in [0.3, 0.4) is 0 Å². The Bertz CT molecular complexity index is 695. The molecule has 156 valence electrons. The lowest BCUT2D eigenvalue weighted by molar-refractivity contribution is -0.141. The molecule has 1 aromatic rings. The number of imidazole rings is 1. The van der Waals surface area contributed by atoms with Crippen LogP contribution in [0, 0.1) is 5.92 Å². The highest BCUT2D eigenvalue weighted by molar-refractivity contribution is 5.80. The lowest BCUT2D eigenvalue weighted by Crippen LogP contribution is -2.46. The molecule has 2 aliphatic heterocycles. The highest BCUT2D eigenvalue weighted by Crippen LogP contribution is 2.30. The number of nitrogens with zero attached hydrogens (tertiary/aromatic N) is 3. The second kappa shape index (κ2) is 9.41. The number of fused-ring (bicyclic) bond motifs is 1. The van der Waals surface area contributed by atoms with Crippen LogP contribution in [0.2, 0.25) is 0 Å². The van der Waals surface area contributed by atoms with E-state index in [1.54, 1.807) is 11.8 Å². The second-order valence-electron chi connectivity index (χ2n) is 7.89. The van der Waals surface area contributed by atoms with Crippen molar-refractivity contribution in [3.8, 4) is 0 Å². The van der Waals surface area contributed by atoms with Crippen molar-refractivity contribution < 1.29 is 19.1 Å². The Morgan fingerprint density at radius 2 is 2.18 bits per heavy atom. The SMILES string of the molecule is CCOC(=O)CNC(=O)N1CCn2c(C3CCOC3)nc(CCC(C)C)c2C1. The van der Waals surface area contributed by atoms with Gasteiger partial charge in [0.2, 0.25) is 0 Å². The first kappa shape index (κ1) is 20.6. The van der Waals surface area contributed by atoms with E-state index < -0.39 is 5.97 Å². The number of carbonyl (C=O) groups is 2. The Labute approximate surface area is 166 Å². The third kappa shape index (κ3) is 4.84. The molecule has 0 radical (unpaired) electrons. The summed E-state index contributed by atoms with van der Waals surface area (Å²) in [6.07, 6.45) is 2.99. The molecule has 0 aliphatic carbocycles. The number of nitrogens with one attached hydrogen (secondary N) is 1. The van der Waals surface area contributed by atoms with E-state index in [1.807, 2.05) is 0 Å². The third-order valence-corrected chi connectivity index (χ3v) is 5.35. The molecule has 0 aromatic carbocycles. The summed E-state index contributed by atoms with van der Waals surface area (Å²) in [5, 5.41) is 2.66. The van der Waals surface area contributed by atoms with Crippen LogP contribution in [0.15, 0.2) is 0 Å². The zero-order chi connectivity index (χ0) is 20.1. The normalized spacial score (nSPS) is 19.0. The highest BCUT2D eigenvalue weighted by atomic mass is 16.5. The maximum Gasteiger partial charge on any atom is 0.325 e. The molecule has 1 N–H and O–H groups in total. The summed E-state index contributed by atoms with van der Waals surface area (Å²) in [5.74, 6) is 1.64. The third-order valence-electron chi connectivity index (χ3n) is 5.35. The summed E-state index contributed by atoms with van der Waals surface area (Å²) in [6, 6.07) is -0.235. The van der Waals surface area contributed by atoms with Gasteiger partial charge in [-0.2, -0.15) is 0 Å². The molecule has 0 spiro atoms. The predicted molar refractivity (Wildman–Crippen MR) is 104 cm³/mol. The van der Waals surface area contributed by atoms with Crippen molar-refractivity contribution >= 4 is 12.0 Å². The van der Waals surface area contributed by atoms with Crippen LogP contribution in [0.1, 0.15) is 56.7 Å². The molecule has 1 saturated heterocycles. The van der Waals surface area contributed by atoms with Crippen molar-refractivity contribution in [1.29, 1.82) is 0 Å². The van der Waals surface area contributed by atoms with Crippen LogP contribution < -0.4 is 5.32 Å². The van der Waals surface area contributed by atoms with Crippen LogP contribution in [-0.2, 0) is 33.8 Å². The van der Waals surface area contributed by atoms with Gasteiger partial charge in [-0.15, -0.1) is 0 Å². The number of amides is 2. The second-order valence-corrected chi connectivity index (χ2v) is 7.89. The quantitative estimate of drug-likeness (QED) is 0.718. The Morgan fingerprint density at radius 1 is 1.36 bits per heavy atom. The number of urea groups is 1. The Morgan fingerprint density at radius 3 is 2.86 bits per heavy atom. The lowest BCUT2D eigenvalue weighted by atomic mass is 10.1. The van der Waals surface area contributed by atoms with E-state index >= 15 is 0 Å². The number of carbonyl (C=O) groups excluding carboxylic acids is 2. The minimum atomic E-state index is -0.418. The van der Waals surface area contributed by atoms with Crippen molar-refractivity contribution in [2.75, 3.05) is 32.9 Å². The topological polar surface area (TPSA) is 85.7 Å². The van der Waals surface area contributed by atoms with Gasteiger partial charge in [0.15, 0.2) is 0 Å². The molecule has 1 atom stereocenters. The fourth-order valence-electron chi connectivity index (χ4n) is 3.78. The molecule has 3 heterocycles. The van der Waals surface area contributed by atoms with E-state index in [1.165, 1.54) is 0 Å². The first-order chi connectivity index (χ1) is 13.5. The smallest absolute Gasteiger partial charge is 0.325 e. The van der Waals surface area contributed by atoms with E-state index in [0.717, 1.165) is 56.2 Å². The van der Waals surface area contributed by atoms with Gasteiger partial charge in [-0.1, -0.05) is 13.8 Å². The number of aromatic nitrogens is 2. The van der Waals surface area contributed by atoms with Crippen LogP contribution in [0.25, 0.3) is 0 Å². The molecule has 8 nitrogen and oxygen atoms in total. The van der Waals surface area contributed by atoms with E-state index in [2.05, 4.69) is 23.7 Å². The molecule has 1 fully saturated rings. The standard InChI is InChI=1S/C20H32N4O4/c1-4-28-18(25)11-21-20(26)23-8-9-24-17(12-23)16(6-5-14(2)3)22-19(24)15-7-10-27-13-15/h14-15H,4-13H2,1-3H3,(H,21,26). The van der Waals surface area contributed by atoms with Crippen LogP contribution in [0.4, 0.5) is 4.79 Å². The lowest BCUT2D eigenvalue weighted by Gasteiger charge is -2.30. The maximum absolute atomic E-state index is 12.5.